The molecule has 3 heterocycles. The van der Waals surface area contributed by atoms with Gasteiger partial charge in [0.05, 0.1) is 18.8 Å². The van der Waals surface area contributed by atoms with Crippen molar-refractivity contribution in [1.29, 1.82) is 0 Å². The number of nitrogens with zero attached hydrogens (tertiary/aromatic N) is 4. The van der Waals surface area contributed by atoms with E-state index in [1.165, 1.54) is 25.9 Å². The van der Waals surface area contributed by atoms with Gasteiger partial charge in [-0.25, -0.2) is 4.68 Å². The Morgan fingerprint density at radius 2 is 1.74 bits per heavy atom. The van der Waals surface area contributed by atoms with Crippen LogP contribution in [0.25, 0.3) is 11.3 Å². The Balaban J connectivity index is 1.20. The van der Waals surface area contributed by atoms with Gasteiger partial charge >= 0.3 is 0 Å². The van der Waals surface area contributed by atoms with Gasteiger partial charge in [-0.3, -0.25) is 14.5 Å². The number of anilines is 1. The summed E-state index contributed by atoms with van der Waals surface area (Å²) in [5, 5.41) is 7.73. The summed E-state index contributed by atoms with van der Waals surface area (Å²) in [4.78, 5) is 29.5. The Kier molecular flexibility index (Phi) is 6.72. The molecule has 2 aromatic carbocycles. The highest BCUT2D eigenvalue weighted by Crippen LogP contribution is 2.29. The molecule has 176 valence electrons. The summed E-state index contributed by atoms with van der Waals surface area (Å²) < 4.78 is 1.91. The van der Waals surface area contributed by atoms with Gasteiger partial charge in [-0.1, -0.05) is 42.5 Å². The summed E-state index contributed by atoms with van der Waals surface area (Å²) in [6, 6.07) is 19.5. The number of likely N-dealkylation sites (tertiary alicyclic amines) is 1. The molecule has 5 rings (SSSR count). The molecule has 0 saturated carbocycles. The van der Waals surface area contributed by atoms with Crippen molar-refractivity contribution in [3.05, 3.63) is 71.8 Å². The molecule has 34 heavy (non-hydrogen) atoms. The van der Waals surface area contributed by atoms with Gasteiger partial charge in [-0.05, 0) is 56.6 Å². The van der Waals surface area contributed by atoms with E-state index in [0.717, 1.165) is 35.6 Å². The van der Waals surface area contributed by atoms with Gasteiger partial charge in [-0.15, -0.1) is 0 Å². The smallest absolute Gasteiger partial charge is 0.251 e. The molecule has 7 heteroatoms. The Labute approximate surface area is 200 Å². The van der Waals surface area contributed by atoms with Crippen LogP contribution in [0, 0.1) is 0 Å². The molecule has 1 saturated heterocycles. The van der Waals surface area contributed by atoms with Crippen LogP contribution in [0.1, 0.15) is 41.6 Å². The first kappa shape index (κ1) is 22.3. The highest BCUT2D eigenvalue weighted by molar-refractivity contribution is 5.95. The number of aryl methyl sites for hydroxylation is 1. The molecule has 1 fully saturated rings. The Morgan fingerprint density at radius 1 is 0.971 bits per heavy atom. The number of aromatic nitrogens is 2. The van der Waals surface area contributed by atoms with E-state index in [2.05, 4.69) is 10.2 Å². The molecule has 0 unspecified atom stereocenters. The average molecular weight is 458 g/mol. The first-order chi connectivity index (χ1) is 16.7. The van der Waals surface area contributed by atoms with Crippen LogP contribution in [-0.4, -0.2) is 52.7 Å². The first-order valence-electron chi connectivity index (χ1n) is 12.2. The van der Waals surface area contributed by atoms with Crippen molar-refractivity contribution >= 4 is 17.6 Å². The molecule has 3 aromatic rings. The van der Waals surface area contributed by atoms with Gasteiger partial charge in [0.25, 0.3) is 5.91 Å². The van der Waals surface area contributed by atoms with Crippen LogP contribution in [0.3, 0.4) is 0 Å². The third kappa shape index (κ3) is 5.04. The maximum atomic E-state index is 12.7. The highest BCUT2D eigenvalue weighted by Gasteiger charge is 2.26. The summed E-state index contributed by atoms with van der Waals surface area (Å²) in [5.41, 5.74) is 3.53. The van der Waals surface area contributed by atoms with E-state index in [-0.39, 0.29) is 11.8 Å². The number of hydrogen-bond donors (Lipinski definition) is 1. The number of fused-ring (bicyclic) bond motifs is 1. The number of amides is 2. The number of carbonyl (C=O) groups excluding carboxylic acids is 2. The Morgan fingerprint density at radius 3 is 2.50 bits per heavy atom. The maximum absolute atomic E-state index is 12.7. The van der Waals surface area contributed by atoms with Crippen molar-refractivity contribution in [2.45, 2.75) is 38.8 Å². The van der Waals surface area contributed by atoms with Gasteiger partial charge < -0.3 is 10.2 Å². The van der Waals surface area contributed by atoms with Gasteiger partial charge in [0, 0.05) is 30.2 Å². The lowest BCUT2D eigenvalue weighted by molar-refractivity contribution is -0.119. The number of rotatable bonds is 8. The third-order valence-electron chi connectivity index (χ3n) is 6.64. The lowest BCUT2D eigenvalue weighted by Gasteiger charge is -2.27. The lowest BCUT2D eigenvalue weighted by atomic mass is 10.1. The monoisotopic (exact) mass is 457 g/mol. The molecule has 0 aliphatic carbocycles. The minimum absolute atomic E-state index is 0.0485. The van der Waals surface area contributed by atoms with Crippen LogP contribution < -0.4 is 10.2 Å². The van der Waals surface area contributed by atoms with Gasteiger partial charge in [0.1, 0.15) is 5.82 Å². The van der Waals surface area contributed by atoms with Crippen LogP contribution in [0.4, 0.5) is 5.82 Å². The van der Waals surface area contributed by atoms with Crippen molar-refractivity contribution in [2.24, 2.45) is 0 Å². The van der Waals surface area contributed by atoms with Crippen molar-refractivity contribution in [2.75, 3.05) is 31.1 Å². The van der Waals surface area contributed by atoms with Gasteiger partial charge in [-0.2, -0.15) is 5.10 Å². The molecule has 7 nitrogen and oxygen atoms in total. The maximum Gasteiger partial charge on any atom is 0.251 e. The molecular formula is C27H31N5O2. The predicted octanol–water partition coefficient (Wildman–Crippen LogP) is 3.70. The Hall–Kier alpha value is -3.45. The van der Waals surface area contributed by atoms with Crippen molar-refractivity contribution in [1.82, 2.24) is 20.0 Å². The molecule has 1 N–H and O–H groups in total. The molecule has 2 aliphatic heterocycles. The fourth-order valence-corrected chi connectivity index (χ4v) is 4.73. The second-order valence-electron chi connectivity index (χ2n) is 9.06. The second-order valence-corrected chi connectivity index (χ2v) is 9.06. The molecule has 0 radical (unpaired) electrons. The summed E-state index contributed by atoms with van der Waals surface area (Å²) in [7, 11) is 0. The molecule has 2 amide bonds. The van der Waals surface area contributed by atoms with Crippen LogP contribution in [0.2, 0.25) is 0 Å². The third-order valence-corrected chi connectivity index (χ3v) is 6.64. The molecule has 0 bridgehead atoms. The Bertz CT molecular complexity index is 1130. The zero-order valence-corrected chi connectivity index (χ0v) is 19.4. The summed E-state index contributed by atoms with van der Waals surface area (Å²) in [6.45, 7) is 5.15. The first-order valence-corrected chi connectivity index (χ1v) is 12.2. The van der Waals surface area contributed by atoms with Crippen molar-refractivity contribution in [3.63, 3.8) is 0 Å². The number of hydrogen-bond acceptors (Lipinski definition) is 4. The van der Waals surface area contributed by atoms with E-state index in [1.807, 2.05) is 65.3 Å². The lowest BCUT2D eigenvalue weighted by Crippen LogP contribution is -2.36. The van der Waals surface area contributed by atoms with Gasteiger partial charge in [0.2, 0.25) is 5.91 Å². The molecular weight excluding hydrogens is 426 g/mol. The molecule has 2 aliphatic rings. The summed E-state index contributed by atoms with van der Waals surface area (Å²) in [6.07, 6.45) is 3.98. The highest BCUT2D eigenvalue weighted by atomic mass is 16.2. The number of carbonyl (C=O) groups is 2. The topological polar surface area (TPSA) is 70.5 Å². The SMILES string of the molecule is O=C(NCCCN1CCCC1)c1ccc(CN2C(=O)CCn3nc(-c4ccccc4)cc32)cc1. The predicted molar refractivity (Wildman–Crippen MR) is 133 cm³/mol. The van der Waals surface area contributed by atoms with Crippen LogP contribution in [0.15, 0.2) is 60.7 Å². The minimum Gasteiger partial charge on any atom is -0.352 e. The average Bonchev–Trinajstić information content (AvgIpc) is 3.55. The molecule has 0 spiro atoms. The number of benzene rings is 2. The van der Waals surface area contributed by atoms with Crippen LogP contribution in [-0.2, 0) is 17.9 Å². The van der Waals surface area contributed by atoms with E-state index in [1.54, 1.807) is 4.90 Å². The van der Waals surface area contributed by atoms with E-state index >= 15 is 0 Å². The van der Waals surface area contributed by atoms with Crippen molar-refractivity contribution in [3.8, 4) is 11.3 Å². The summed E-state index contributed by atoms with van der Waals surface area (Å²) >= 11 is 0. The fraction of sp³-hybridized carbons (Fsp3) is 0.370. The quantitative estimate of drug-likeness (QED) is 0.524. The zero-order chi connectivity index (χ0) is 23.3. The standard InChI is InChI=1S/C27H31N5O2/c33-26-13-18-32-25(19-24(29-32)22-7-2-1-3-8-22)31(26)20-21-9-11-23(12-10-21)27(34)28-14-6-17-30-15-4-5-16-30/h1-3,7-12,19H,4-6,13-18,20H2,(H,28,34). The van der Waals surface area contributed by atoms with Crippen LogP contribution >= 0.6 is 0 Å². The normalized spacial score (nSPS) is 16.0. The summed E-state index contributed by atoms with van der Waals surface area (Å²) in [5.74, 6) is 0.856. The van der Waals surface area contributed by atoms with E-state index in [4.69, 9.17) is 5.10 Å². The minimum atomic E-state index is -0.0485. The number of nitrogens with one attached hydrogen (secondary N) is 1. The molecule has 0 atom stereocenters. The zero-order valence-electron chi connectivity index (χ0n) is 19.4. The van der Waals surface area contributed by atoms with E-state index in [9.17, 15) is 9.59 Å². The van der Waals surface area contributed by atoms with E-state index in [0.29, 0.717) is 31.6 Å². The van der Waals surface area contributed by atoms with E-state index < -0.39 is 0 Å². The van der Waals surface area contributed by atoms with Gasteiger partial charge in [0.15, 0.2) is 0 Å². The molecule has 1 aromatic heterocycles. The fourth-order valence-electron chi connectivity index (χ4n) is 4.73. The van der Waals surface area contributed by atoms with Crippen LogP contribution in [0.5, 0.6) is 0 Å². The largest absolute Gasteiger partial charge is 0.352 e. The van der Waals surface area contributed by atoms with Crippen molar-refractivity contribution < 1.29 is 9.59 Å². The second kappa shape index (κ2) is 10.2.